The summed E-state index contributed by atoms with van der Waals surface area (Å²) in [6.45, 7) is 4.01. The maximum Gasteiger partial charge on any atom is 0.141 e. The Balaban J connectivity index is 1.92. The molecule has 0 spiro atoms. The van der Waals surface area contributed by atoms with Crippen molar-refractivity contribution in [3.63, 3.8) is 0 Å². The van der Waals surface area contributed by atoms with Crippen molar-refractivity contribution in [1.82, 2.24) is 4.98 Å². The van der Waals surface area contributed by atoms with Gasteiger partial charge in [-0.25, -0.2) is 4.98 Å². The number of pyridine rings is 1. The van der Waals surface area contributed by atoms with Crippen LogP contribution >= 0.6 is 0 Å². The van der Waals surface area contributed by atoms with Gasteiger partial charge in [0.15, 0.2) is 0 Å². The van der Waals surface area contributed by atoms with Crippen molar-refractivity contribution in [2.45, 2.75) is 19.9 Å². The molecule has 4 rings (SSSR count). The van der Waals surface area contributed by atoms with Crippen molar-refractivity contribution in [2.24, 2.45) is 0 Å². The van der Waals surface area contributed by atoms with E-state index >= 15 is 0 Å². The van der Waals surface area contributed by atoms with Gasteiger partial charge >= 0.3 is 0 Å². The standard InChI is InChI=1S/C20H18N2O2/c1-12-9-15-6-4-8-17(24)19(15)22(11-12)20-13(2)10-14-5-3-7-16(23)18(14)21-20/h3-11,19,23-24H,1-2H3. The van der Waals surface area contributed by atoms with Crippen molar-refractivity contribution in [3.05, 3.63) is 77.2 Å². The van der Waals surface area contributed by atoms with Crippen molar-refractivity contribution < 1.29 is 10.2 Å². The highest BCUT2D eigenvalue weighted by Crippen LogP contribution is 2.35. The van der Waals surface area contributed by atoms with Crippen molar-refractivity contribution in [2.75, 3.05) is 4.90 Å². The zero-order chi connectivity index (χ0) is 16.8. The van der Waals surface area contributed by atoms with E-state index in [1.807, 2.05) is 55.3 Å². The molecule has 4 nitrogen and oxygen atoms in total. The fourth-order valence-corrected chi connectivity index (χ4v) is 3.36. The van der Waals surface area contributed by atoms with Crippen LogP contribution in [0, 0.1) is 6.92 Å². The van der Waals surface area contributed by atoms with Gasteiger partial charge in [-0.2, -0.15) is 0 Å². The summed E-state index contributed by atoms with van der Waals surface area (Å²) in [5.41, 5.74) is 3.66. The van der Waals surface area contributed by atoms with Crippen LogP contribution in [0.1, 0.15) is 12.5 Å². The first kappa shape index (κ1) is 14.6. The number of aliphatic hydroxyl groups excluding tert-OH is 1. The van der Waals surface area contributed by atoms with E-state index in [-0.39, 0.29) is 17.6 Å². The van der Waals surface area contributed by atoms with Gasteiger partial charge in [0, 0.05) is 11.6 Å². The number of rotatable bonds is 1. The minimum Gasteiger partial charge on any atom is -0.510 e. The number of fused-ring (bicyclic) bond motifs is 2. The summed E-state index contributed by atoms with van der Waals surface area (Å²) in [7, 11) is 0. The lowest BCUT2D eigenvalue weighted by molar-refractivity contribution is 0.376. The smallest absolute Gasteiger partial charge is 0.141 e. The topological polar surface area (TPSA) is 56.6 Å². The van der Waals surface area contributed by atoms with Crippen LogP contribution in [0.2, 0.25) is 0 Å². The van der Waals surface area contributed by atoms with E-state index in [9.17, 15) is 10.2 Å². The van der Waals surface area contributed by atoms with Gasteiger partial charge in [-0.1, -0.05) is 30.4 Å². The Bertz CT molecular complexity index is 967. The number of allylic oxidation sites excluding steroid dienone is 4. The first-order valence-electron chi connectivity index (χ1n) is 7.89. The Labute approximate surface area is 140 Å². The second-order valence-corrected chi connectivity index (χ2v) is 6.26. The van der Waals surface area contributed by atoms with Crippen molar-refractivity contribution in [3.8, 4) is 5.75 Å². The van der Waals surface area contributed by atoms with Crippen molar-refractivity contribution >= 4 is 16.7 Å². The lowest BCUT2D eigenvalue weighted by atomic mass is 9.93. The number of para-hydroxylation sites is 1. The largest absolute Gasteiger partial charge is 0.510 e. The molecule has 120 valence electrons. The van der Waals surface area contributed by atoms with E-state index in [4.69, 9.17) is 4.98 Å². The van der Waals surface area contributed by atoms with Gasteiger partial charge in [0.05, 0.1) is 0 Å². The van der Waals surface area contributed by atoms with Gasteiger partial charge in [-0.05, 0) is 48.8 Å². The van der Waals surface area contributed by atoms with E-state index in [1.54, 1.807) is 12.1 Å². The number of aromatic nitrogens is 1. The molecule has 0 saturated carbocycles. The highest BCUT2D eigenvalue weighted by atomic mass is 16.3. The number of phenolic OH excluding ortho intramolecular Hbond substituents is 1. The third kappa shape index (κ3) is 2.19. The molecule has 2 aliphatic rings. The zero-order valence-corrected chi connectivity index (χ0v) is 13.6. The van der Waals surface area contributed by atoms with E-state index < -0.39 is 0 Å². The van der Waals surface area contributed by atoms with Crippen LogP contribution in [0.25, 0.3) is 10.9 Å². The van der Waals surface area contributed by atoms with Crippen LogP contribution in [0.4, 0.5) is 5.82 Å². The molecule has 2 N–H and O–H groups in total. The van der Waals surface area contributed by atoms with Gasteiger partial charge in [0.1, 0.15) is 28.9 Å². The average molecular weight is 318 g/mol. The van der Waals surface area contributed by atoms with Gasteiger partial charge in [0.25, 0.3) is 0 Å². The fourth-order valence-electron chi connectivity index (χ4n) is 3.36. The molecule has 1 aliphatic heterocycles. The van der Waals surface area contributed by atoms with Crippen LogP contribution in [0.15, 0.2) is 71.7 Å². The molecule has 1 atom stereocenters. The Morgan fingerprint density at radius 1 is 1.17 bits per heavy atom. The first-order valence-corrected chi connectivity index (χ1v) is 7.89. The summed E-state index contributed by atoms with van der Waals surface area (Å²) >= 11 is 0. The van der Waals surface area contributed by atoms with Crippen LogP contribution < -0.4 is 4.90 Å². The van der Waals surface area contributed by atoms with Crippen molar-refractivity contribution in [1.29, 1.82) is 0 Å². The lowest BCUT2D eigenvalue weighted by Crippen LogP contribution is -2.38. The number of anilines is 1. The first-order chi connectivity index (χ1) is 11.5. The molecule has 0 saturated heterocycles. The summed E-state index contributed by atoms with van der Waals surface area (Å²) in [4.78, 5) is 6.67. The SMILES string of the molecule is CC1=CN(c2nc3c(O)cccc3cc2C)C2C(O)=CC=CC2=C1. The summed E-state index contributed by atoms with van der Waals surface area (Å²) in [6, 6.07) is 7.11. The monoisotopic (exact) mass is 318 g/mol. The molecule has 0 radical (unpaired) electrons. The Hall–Kier alpha value is -3.01. The Morgan fingerprint density at radius 2 is 2.00 bits per heavy atom. The second-order valence-electron chi connectivity index (χ2n) is 6.26. The van der Waals surface area contributed by atoms with Gasteiger partial charge in [-0.3, -0.25) is 0 Å². The van der Waals surface area contributed by atoms with Crippen LogP contribution in [-0.4, -0.2) is 21.2 Å². The molecule has 1 aliphatic carbocycles. The third-order valence-corrected chi connectivity index (χ3v) is 4.40. The highest BCUT2D eigenvalue weighted by Gasteiger charge is 2.30. The lowest BCUT2D eigenvalue weighted by Gasteiger charge is -2.35. The molecule has 0 bridgehead atoms. The normalized spacial score (nSPS) is 19.7. The predicted octanol–water partition coefficient (Wildman–Crippen LogP) is 4.28. The third-order valence-electron chi connectivity index (χ3n) is 4.40. The minimum absolute atomic E-state index is 0.158. The van der Waals surface area contributed by atoms with E-state index in [0.717, 1.165) is 27.9 Å². The molecule has 1 aromatic heterocycles. The summed E-state index contributed by atoms with van der Waals surface area (Å²) in [5.74, 6) is 1.17. The number of hydrogen-bond donors (Lipinski definition) is 2. The average Bonchev–Trinajstić information content (AvgIpc) is 2.54. The summed E-state index contributed by atoms with van der Waals surface area (Å²) in [6.07, 6.45) is 9.60. The summed E-state index contributed by atoms with van der Waals surface area (Å²) in [5, 5.41) is 21.4. The molecule has 0 fully saturated rings. The molecule has 1 aromatic carbocycles. The molecule has 2 aromatic rings. The molecule has 2 heterocycles. The Morgan fingerprint density at radius 3 is 2.83 bits per heavy atom. The number of aryl methyl sites for hydroxylation is 1. The van der Waals surface area contributed by atoms with Crippen LogP contribution in [0.3, 0.4) is 0 Å². The number of aromatic hydroxyl groups is 1. The number of nitrogens with zero attached hydrogens (tertiary/aromatic N) is 2. The molecule has 24 heavy (non-hydrogen) atoms. The molecular weight excluding hydrogens is 300 g/mol. The maximum atomic E-state index is 10.4. The highest BCUT2D eigenvalue weighted by molar-refractivity contribution is 5.87. The Kier molecular flexibility index (Phi) is 3.20. The number of aliphatic hydroxyl groups is 1. The van der Waals surface area contributed by atoms with E-state index in [0.29, 0.717) is 5.52 Å². The minimum atomic E-state index is -0.284. The fraction of sp³-hybridized carbons (Fsp3) is 0.150. The number of benzene rings is 1. The van der Waals surface area contributed by atoms with Crippen LogP contribution in [0.5, 0.6) is 5.75 Å². The quantitative estimate of drug-likeness (QED) is 0.824. The van der Waals surface area contributed by atoms with Gasteiger partial charge < -0.3 is 15.1 Å². The second kappa shape index (κ2) is 5.27. The van der Waals surface area contributed by atoms with E-state index in [1.165, 1.54) is 0 Å². The summed E-state index contributed by atoms with van der Waals surface area (Å²) < 4.78 is 0. The maximum absolute atomic E-state index is 10.4. The number of phenols is 1. The zero-order valence-electron chi connectivity index (χ0n) is 13.6. The predicted molar refractivity (Wildman–Crippen MR) is 96.1 cm³/mol. The number of hydrogen-bond acceptors (Lipinski definition) is 4. The van der Waals surface area contributed by atoms with Gasteiger partial charge in [0.2, 0.25) is 0 Å². The molecule has 1 unspecified atom stereocenters. The molecule has 4 heteroatoms. The molecular formula is C20H18N2O2. The molecule has 0 amide bonds. The van der Waals surface area contributed by atoms with Gasteiger partial charge in [-0.15, -0.1) is 0 Å². The van der Waals surface area contributed by atoms with E-state index in [2.05, 4.69) is 6.08 Å². The van der Waals surface area contributed by atoms with Crippen LogP contribution in [-0.2, 0) is 0 Å².